The predicted octanol–water partition coefficient (Wildman–Crippen LogP) is 0.321. The molecule has 1 amide bonds. The molecule has 0 atom stereocenters. The van der Waals surface area contributed by atoms with Gasteiger partial charge in [-0.25, -0.2) is 9.67 Å². The van der Waals surface area contributed by atoms with Crippen LogP contribution in [0.5, 0.6) is 0 Å². The number of ether oxygens (including phenoxy) is 1. The first kappa shape index (κ1) is 15.6. The molecule has 7 heteroatoms. The lowest BCUT2D eigenvalue weighted by Crippen LogP contribution is -2.48. The minimum Gasteiger partial charge on any atom is -0.375 e. The second kappa shape index (κ2) is 7.85. The van der Waals surface area contributed by atoms with Crippen molar-refractivity contribution in [2.45, 2.75) is 25.6 Å². The second-order valence-electron chi connectivity index (χ2n) is 5.54. The molecule has 1 fully saturated rings. The van der Waals surface area contributed by atoms with E-state index in [1.165, 1.54) is 6.33 Å². The third-order valence-electron chi connectivity index (χ3n) is 3.82. The Hall–Kier alpha value is -2.25. The van der Waals surface area contributed by atoms with E-state index in [4.69, 9.17) is 4.74 Å². The molecule has 0 radical (unpaired) electrons. The van der Waals surface area contributed by atoms with Crippen LogP contribution in [0, 0.1) is 0 Å². The van der Waals surface area contributed by atoms with Crippen LogP contribution in [-0.2, 0) is 22.6 Å². The Bertz CT molecular complexity index is 625. The molecule has 1 aliphatic heterocycles. The van der Waals surface area contributed by atoms with Crippen molar-refractivity contribution in [2.75, 3.05) is 19.7 Å². The number of nitrogens with one attached hydrogen (secondary N) is 2. The lowest BCUT2D eigenvalue weighted by atomic mass is 10.1. The first-order chi connectivity index (χ1) is 11.3. The molecule has 1 aromatic heterocycles. The molecule has 7 nitrogen and oxygen atoms in total. The van der Waals surface area contributed by atoms with Crippen molar-refractivity contribution < 1.29 is 9.53 Å². The third-order valence-corrected chi connectivity index (χ3v) is 3.82. The van der Waals surface area contributed by atoms with E-state index in [1.807, 2.05) is 24.3 Å². The topological polar surface area (TPSA) is 81.1 Å². The average Bonchev–Trinajstić information content (AvgIpc) is 3.02. The summed E-state index contributed by atoms with van der Waals surface area (Å²) in [4.78, 5) is 15.8. The summed E-state index contributed by atoms with van der Waals surface area (Å²) in [7, 11) is 0. The van der Waals surface area contributed by atoms with Gasteiger partial charge in [0, 0.05) is 26.1 Å². The van der Waals surface area contributed by atoms with Gasteiger partial charge in [0.1, 0.15) is 12.7 Å². The summed E-state index contributed by atoms with van der Waals surface area (Å²) < 4.78 is 7.32. The molecule has 0 aliphatic carbocycles. The highest BCUT2D eigenvalue weighted by Gasteiger charge is 2.17. The molecule has 2 heterocycles. The van der Waals surface area contributed by atoms with Gasteiger partial charge >= 0.3 is 0 Å². The van der Waals surface area contributed by atoms with Crippen LogP contribution in [0.25, 0.3) is 0 Å². The third kappa shape index (κ3) is 4.61. The minimum absolute atomic E-state index is 0.00726. The van der Waals surface area contributed by atoms with Crippen molar-refractivity contribution >= 4 is 5.91 Å². The van der Waals surface area contributed by atoms with Crippen LogP contribution in [0.1, 0.15) is 17.5 Å². The van der Waals surface area contributed by atoms with E-state index < -0.39 is 0 Å². The van der Waals surface area contributed by atoms with E-state index in [2.05, 4.69) is 20.7 Å². The van der Waals surface area contributed by atoms with Crippen molar-refractivity contribution in [3.63, 3.8) is 0 Å². The highest BCUT2D eigenvalue weighted by molar-refractivity contribution is 5.76. The molecule has 3 rings (SSSR count). The Balaban J connectivity index is 1.46. The van der Waals surface area contributed by atoms with Gasteiger partial charge in [-0.05, 0) is 11.1 Å². The monoisotopic (exact) mass is 315 g/mol. The first-order valence-corrected chi connectivity index (χ1v) is 7.79. The number of nitrogens with zero attached hydrogens (tertiary/aromatic N) is 3. The standard InChI is InChI=1S/C16H21N5O2/c22-16(5-6-23-15-8-17-9-15)19-7-13-3-1-2-4-14(13)10-21-12-18-11-20-21/h1-4,11-12,15,17H,5-10H2,(H,19,22). The molecule has 122 valence electrons. The number of benzene rings is 1. The smallest absolute Gasteiger partial charge is 0.222 e. The van der Waals surface area contributed by atoms with Crippen LogP contribution in [-0.4, -0.2) is 46.5 Å². The van der Waals surface area contributed by atoms with E-state index >= 15 is 0 Å². The zero-order valence-electron chi connectivity index (χ0n) is 12.9. The summed E-state index contributed by atoms with van der Waals surface area (Å²) in [5, 5.41) is 10.2. The van der Waals surface area contributed by atoms with Crippen molar-refractivity contribution in [2.24, 2.45) is 0 Å². The molecule has 0 bridgehead atoms. The maximum Gasteiger partial charge on any atom is 0.222 e. The molecule has 23 heavy (non-hydrogen) atoms. The maximum absolute atomic E-state index is 11.9. The number of hydrogen-bond donors (Lipinski definition) is 2. The number of amides is 1. The summed E-state index contributed by atoms with van der Waals surface area (Å²) in [5.74, 6) is 0.00726. The number of carbonyl (C=O) groups excluding carboxylic acids is 1. The van der Waals surface area contributed by atoms with E-state index in [1.54, 1.807) is 11.0 Å². The zero-order chi connectivity index (χ0) is 15.9. The van der Waals surface area contributed by atoms with Crippen LogP contribution in [0.4, 0.5) is 0 Å². The number of aromatic nitrogens is 3. The molecular weight excluding hydrogens is 294 g/mol. The Kier molecular flexibility index (Phi) is 5.33. The first-order valence-electron chi connectivity index (χ1n) is 7.79. The van der Waals surface area contributed by atoms with Crippen LogP contribution in [0.15, 0.2) is 36.9 Å². The number of carbonyl (C=O) groups is 1. The number of rotatable bonds is 8. The summed E-state index contributed by atoms with van der Waals surface area (Å²) in [6.07, 6.45) is 3.86. The van der Waals surface area contributed by atoms with Gasteiger partial charge in [-0.2, -0.15) is 5.10 Å². The van der Waals surface area contributed by atoms with Gasteiger partial charge in [-0.3, -0.25) is 4.79 Å². The van der Waals surface area contributed by atoms with Gasteiger partial charge in [0.2, 0.25) is 5.91 Å². The SMILES string of the molecule is O=C(CCOC1CNC1)NCc1ccccc1Cn1cncn1. The Morgan fingerprint density at radius 2 is 2.17 bits per heavy atom. The van der Waals surface area contributed by atoms with E-state index in [0.29, 0.717) is 26.1 Å². The van der Waals surface area contributed by atoms with E-state index in [0.717, 1.165) is 24.2 Å². The highest BCUT2D eigenvalue weighted by Crippen LogP contribution is 2.10. The second-order valence-corrected chi connectivity index (χ2v) is 5.54. The fourth-order valence-electron chi connectivity index (χ4n) is 2.35. The molecule has 2 aromatic rings. The molecular formula is C16H21N5O2. The van der Waals surface area contributed by atoms with E-state index in [9.17, 15) is 4.79 Å². The molecule has 1 aliphatic rings. The van der Waals surface area contributed by atoms with Gasteiger partial charge < -0.3 is 15.4 Å². The fourth-order valence-corrected chi connectivity index (χ4v) is 2.35. The Labute approximate surface area is 135 Å². The zero-order valence-corrected chi connectivity index (χ0v) is 12.9. The quantitative estimate of drug-likeness (QED) is 0.733. The van der Waals surface area contributed by atoms with Crippen LogP contribution >= 0.6 is 0 Å². The van der Waals surface area contributed by atoms with Crippen molar-refractivity contribution in [3.8, 4) is 0 Å². The van der Waals surface area contributed by atoms with Gasteiger partial charge in [-0.15, -0.1) is 0 Å². The summed E-state index contributed by atoms with van der Waals surface area (Å²) in [5.41, 5.74) is 2.20. The van der Waals surface area contributed by atoms with Crippen LogP contribution in [0.3, 0.4) is 0 Å². The predicted molar refractivity (Wildman–Crippen MR) is 84.6 cm³/mol. The molecule has 2 N–H and O–H groups in total. The highest BCUT2D eigenvalue weighted by atomic mass is 16.5. The van der Waals surface area contributed by atoms with Crippen LogP contribution in [0.2, 0.25) is 0 Å². The lowest BCUT2D eigenvalue weighted by Gasteiger charge is -2.26. The Morgan fingerprint density at radius 1 is 1.35 bits per heavy atom. The molecule has 1 aromatic carbocycles. The lowest BCUT2D eigenvalue weighted by molar-refractivity contribution is -0.123. The van der Waals surface area contributed by atoms with E-state index in [-0.39, 0.29) is 12.0 Å². The number of hydrogen-bond acceptors (Lipinski definition) is 5. The summed E-state index contributed by atoms with van der Waals surface area (Å²) in [6, 6.07) is 8.01. The largest absolute Gasteiger partial charge is 0.375 e. The normalized spacial score (nSPS) is 14.4. The van der Waals surface area contributed by atoms with Crippen molar-refractivity contribution in [1.82, 2.24) is 25.4 Å². The minimum atomic E-state index is 0.00726. The Morgan fingerprint density at radius 3 is 2.87 bits per heavy atom. The van der Waals surface area contributed by atoms with Gasteiger partial charge in [0.05, 0.1) is 19.3 Å². The van der Waals surface area contributed by atoms with Gasteiger partial charge in [-0.1, -0.05) is 24.3 Å². The summed E-state index contributed by atoms with van der Waals surface area (Å²) in [6.45, 7) is 3.39. The van der Waals surface area contributed by atoms with Crippen molar-refractivity contribution in [3.05, 3.63) is 48.0 Å². The molecule has 0 saturated carbocycles. The molecule has 0 spiro atoms. The van der Waals surface area contributed by atoms with Crippen LogP contribution < -0.4 is 10.6 Å². The maximum atomic E-state index is 11.9. The van der Waals surface area contributed by atoms with Gasteiger partial charge in [0.15, 0.2) is 0 Å². The summed E-state index contributed by atoms with van der Waals surface area (Å²) >= 11 is 0. The van der Waals surface area contributed by atoms with Gasteiger partial charge in [0.25, 0.3) is 0 Å². The average molecular weight is 315 g/mol. The van der Waals surface area contributed by atoms with Crippen molar-refractivity contribution in [1.29, 1.82) is 0 Å². The molecule has 0 unspecified atom stereocenters. The molecule has 1 saturated heterocycles. The fraction of sp³-hybridized carbons (Fsp3) is 0.438.